The molecule has 1 saturated carbocycles. The van der Waals surface area contributed by atoms with Crippen molar-refractivity contribution in [3.8, 4) is 0 Å². The van der Waals surface area contributed by atoms with Gasteiger partial charge in [0.1, 0.15) is 48.8 Å². The average Bonchev–Trinajstić information content (AvgIpc) is 2.88. The van der Waals surface area contributed by atoms with Gasteiger partial charge in [-0.15, -0.1) is 0 Å². The highest BCUT2D eigenvalue weighted by Gasteiger charge is 2.51. The standard InChI is InChI=1S/C26H44O12/c1-4-14-7-5-8-16(22(14)38-25-21(32)20(31)18(29)13(3)34-25)36-26-24-23(19(30)17(11-27)37-26)35-15(12(2)28)9-6-10-33-24/h13-27,29-32H,4-11H2,1-3H3. The van der Waals surface area contributed by atoms with Crippen molar-refractivity contribution in [2.24, 2.45) is 5.92 Å². The van der Waals surface area contributed by atoms with Gasteiger partial charge >= 0.3 is 0 Å². The number of hydrogen-bond acceptors (Lipinski definition) is 12. The summed E-state index contributed by atoms with van der Waals surface area (Å²) in [5.74, 6) is -0.0967. The van der Waals surface area contributed by atoms with Crippen LogP contribution in [0.2, 0.25) is 0 Å². The van der Waals surface area contributed by atoms with Crippen molar-refractivity contribution in [3.05, 3.63) is 0 Å². The van der Waals surface area contributed by atoms with Crippen LogP contribution in [-0.4, -0.2) is 124 Å². The normalized spacial score (nSPS) is 48.5. The first kappa shape index (κ1) is 30.2. The van der Waals surface area contributed by atoms with Gasteiger partial charge in [0.2, 0.25) is 0 Å². The summed E-state index contributed by atoms with van der Waals surface area (Å²) in [6.07, 6.45) is -8.75. The molecule has 0 spiro atoms. The lowest BCUT2D eigenvalue weighted by atomic mass is 9.82. The van der Waals surface area contributed by atoms with Crippen molar-refractivity contribution in [1.82, 2.24) is 0 Å². The largest absolute Gasteiger partial charge is 0.394 e. The molecule has 1 aliphatic carbocycles. The fraction of sp³-hybridized carbons (Fsp3) is 0.962. The number of Topliss-reactive ketones (excluding diaryl/α,β-unsaturated/α-hetero) is 1. The molecule has 5 N–H and O–H groups in total. The van der Waals surface area contributed by atoms with Gasteiger partial charge in [-0.05, 0) is 45.4 Å². The van der Waals surface area contributed by atoms with Crippen LogP contribution in [0.1, 0.15) is 59.3 Å². The molecule has 12 nitrogen and oxygen atoms in total. The molecule has 3 heterocycles. The molecule has 4 aliphatic rings. The zero-order valence-electron chi connectivity index (χ0n) is 22.3. The Morgan fingerprint density at radius 3 is 2.32 bits per heavy atom. The van der Waals surface area contributed by atoms with E-state index in [2.05, 4.69) is 0 Å². The van der Waals surface area contributed by atoms with Gasteiger partial charge in [0.25, 0.3) is 0 Å². The fourth-order valence-corrected chi connectivity index (χ4v) is 5.97. The first-order valence-corrected chi connectivity index (χ1v) is 13.9. The molecule has 0 aromatic carbocycles. The molecule has 14 atom stereocenters. The van der Waals surface area contributed by atoms with Crippen molar-refractivity contribution < 1.29 is 58.7 Å². The predicted molar refractivity (Wildman–Crippen MR) is 130 cm³/mol. The van der Waals surface area contributed by atoms with Gasteiger partial charge in [-0.3, -0.25) is 4.79 Å². The Morgan fingerprint density at radius 1 is 0.868 bits per heavy atom. The lowest BCUT2D eigenvalue weighted by Crippen LogP contribution is -2.64. The Bertz CT molecular complexity index is 769. The molecule has 0 amide bonds. The summed E-state index contributed by atoms with van der Waals surface area (Å²) < 4.78 is 36.4. The molecule has 220 valence electrons. The van der Waals surface area contributed by atoms with Gasteiger partial charge in [-0.2, -0.15) is 0 Å². The summed E-state index contributed by atoms with van der Waals surface area (Å²) in [6.45, 7) is 4.90. The zero-order chi connectivity index (χ0) is 27.6. The summed E-state index contributed by atoms with van der Waals surface area (Å²) in [4.78, 5) is 12.1. The average molecular weight is 549 g/mol. The molecule has 0 bridgehead atoms. The van der Waals surface area contributed by atoms with Crippen molar-refractivity contribution in [2.75, 3.05) is 13.2 Å². The summed E-state index contributed by atoms with van der Waals surface area (Å²) in [5, 5.41) is 51.7. The Kier molecular flexibility index (Phi) is 10.5. The zero-order valence-corrected chi connectivity index (χ0v) is 22.3. The quantitative estimate of drug-likeness (QED) is 0.274. The Labute approximate surface area is 223 Å². The minimum Gasteiger partial charge on any atom is -0.394 e. The highest BCUT2D eigenvalue weighted by atomic mass is 16.7. The van der Waals surface area contributed by atoms with Crippen LogP contribution in [0, 0.1) is 5.92 Å². The maximum absolute atomic E-state index is 12.1. The SMILES string of the molecule is CCC1CCCC(OC2OC(CO)C(O)C3OC(C(C)=O)CCCOC23)C1OC1OC(C)C(O)C(O)C1O. The third-order valence-electron chi connectivity index (χ3n) is 8.32. The van der Waals surface area contributed by atoms with E-state index in [9.17, 15) is 30.3 Å². The number of rotatable bonds is 7. The van der Waals surface area contributed by atoms with E-state index < -0.39 is 86.3 Å². The molecule has 4 rings (SSSR count). The van der Waals surface area contributed by atoms with E-state index in [0.29, 0.717) is 25.9 Å². The number of aliphatic hydroxyl groups excluding tert-OH is 5. The smallest absolute Gasteiger partial charge is 0.187 e. The Balaban J connectivity index is 1.54. The molecule has 4 fully saturated rings. The van der Waals surface area contributed by atoms with Crippen molar-refractivity contribution in [2.45, 2.75) is 139 Å². The topological polar surface area (TPSA) is 174 Å². The fourth-order valence-electron chi connectivity index (χ4n) is 5.97. The number of fused-ring (bicyclic) bond motifs is 1. The number of aliphatic hydroxyl groups is 5. The predicted octanol–water partition coefficient (Wildman–Crippen LogP) is -0.606. The molecule has 14 unspecified atom stereocenters. The van der Waals surface area contributed by atoms with E-state index >= 15 is 0 Å². The minimum absolute atomic E-state index is 0.0547. The van der Waals surface area contributed by atoms with E-state index in [1.165, 1.54) is 6.92 Å². The van der Waals surface area contributed by atoms with Crippen LogP contribution in [0.4, 0.5) is 0 Å². The molecule has 3 saturated heterocycles. The summed E-state index contributed by atoms with van der Waals surface area (Å²) in [6, 6.07) is 0. The van der Waals surface area contributed by atoms with Crippen LogP contribution in [0.3, 0.4) is 0 Å². The van der Waals surface area contributed by atoms with E-state index in [1.54, 1.807) is 6.92 Å². The van der Waals surface area contributed by atoms with Gasteiger partial charge in [0.15, 0.2) is 18.4 Å². The van der Waals surface area contributed by atoms with Crippen molar-refractivity contribution >= 4 is 5.78 Å². The van der Waals surface area contributed by atoms with Gasteiger partial charge in [0, 0.05) is 6.61 Å². The molecule has 12 heteroatoms. The maximum atomic E-state index is 12.1. The molecule has 0 aromatic rings. The number of carbonyl (C=O) groups is 1. The van der Waals surface area contributed by atoms with Crippen LogP contribution < -0.4 is 0 Å². The van der Waals surface area contributed by atoms with Crippen LogP contribution in [-0.2, 0) is 33.2 Å². The van der Waals surface area contributed by atoms with Crippen LogP contribution >= 0.6 is 0 Å². The third-order valence-corrected chi connectivity index (χ3v) is 8.32. The van der Waals surface area contributed by atoms with Gasteiger partial charge in [-0.25, -0.2) is 0 Å². The summed E-state index contributed by atoms with van der Waals surface area (Å²) in [5.41, 5.74) is 0. The van der Waals surface area contributed by atoms with Gasteiger partial charge in [0.05, 0.1) is 24.9 Å². The molecule has 3 aliphatic heterocycles. The van der Waals surface area contributed by atoms with E-state index in [4.69, 9.17) is 28.4 Å². The third kappa shape index (κ3) is 6.41. The number of ether oxygens (including phenoxy) is 6. The highest BCUT2D eigenvalue weighted by molar-refractivity contribution is 5.80. The van der Waals surface area contributed by atoms with Gasteiger partial charge in [-0.1, -0.05) is 19.8 Å². The molecule has 0 aromatic heterocycles. The van der Waals surface area contributed by atoms with E-state index in [-0.39, 0.29) is 11.7 Å². The number of carbonyl (C=O) groups excluding carboxylic acids is 1. The summed E-state index contributed by atoms with van der Waals surface area (Å²) >= 11 is 0. The molecule has 38 heavy (non-hydrogen) atoms. The second kappa shape index (κ2) is 13.3. The number of hydrogen-bond donors (Lipinski definition) is 5. The van der Waals surface area contributed by atoms with Crippen LogP contribution in [0.25, 0.3) is 0 Å². The summed E-state index contributed by atoms with van der Waals surface area (Å²) in [7, 11) is 0. The van der Waals surface area contributed by atoms with Crippen molar-refractivity contribution in [1.29, 1.82) is 0 Å². The Hall–Kier alpha value is -0.770. The Morgan fingerprint density at radius 2 is 1.63 bits per heavy atom. The van der Waals surface area contributed by atoms with Crippen LogP contribution in [0.5, 0.6) is 0 Å². The lowest BCUT2D eigenvalue weighted by molar-refractivity contribution is -0.354. The van der Waals surface area contributed by atoms with Gasteiger partial charge < -0.3 is 54.0 Å². The number of ketones is 1. The van der Waals surface area contributed by atoms with Crippen molar-refractivity contribution in [3.63, 3.8) is 0 Å². The van der Waals surface area contributed by atoms with Crippen LogP contribution in [0.15, 0.2) is 0 Å². The first-order valence-electron chi connectivity index (χ1n) is 13.9. The second-order valence-corrected chi connectivity index (χ2v) is 10.9. The second-order valence-electron chi connectivity index (χ2n) is 10.9. The monoisotopic (exact) mass is 548 g/mol. The molecule has 0 radical (unpaired) electrons. The minimum atomic E-state index is -1.45. The molecular weight excluding hydrogens is 504 g/mol. The highest BCUT2D eigenvalue weighted by Crippen LogP contribution is 2.37. The van der Waals surface area contributed by atoms with E-state index in [0.717, 1.165) is 19.3 Å². The maximum Gasteiger partial charge on any atom is 0.187 e. The molecular formula is C26H44O12. The first-order chi connectivity index (χ1) is 18.2. The lowest BCUT2D eigenvalue weighted by Gasteiger charge is -2.48. The van der Waals surface area contributed by atoms with E-state index in [1.807, 2.05) is 6.92 Å².